The van der Waals surface area contributed by atoms with E-state index in [4.69, 9.17) is 4.74 Å². The molecule has 0 N–H and O–H groups in total. The summed E-state index contributed by atoms with van der Waals surface area (Å²) in [6.45, 7) is 3.66. The first kappa shape index (κ1) is 22.9. The molecule has 0 radical (unpaired) electrons. The maximum atomic E-state index is 13.5. The van der Waals surface area contributed by atoms with E-state index in [9.17, 15) is 13.2 Å². The Kier molecular flexibility index (Phi) is 6.08. The van der Waals surface area contributed by atoms with Gasteiger partial charge in [-0.1, -0.05) is 30.7 Å². The molecule has 2 aliphatic heterocycles. The molecule has 1 atom stereocenters. The molecule has 0 aromatic heterocycles. The molecule has 1 saturated heterocycles. The zero-order valence-corrected chi connectivity index (χ0v) is 20.5. The van der Waals surface area contributed by atoms with Gasteiger partial charge in [0.05, 0.1) is 17.9 Å². The molecule has 0 spiro atoms. The number of rotatable bonds is 5. The van der Waals surface area contributed by atoms with Gasteiger partial charge < -0.3 is 9.64 Å². The summed E-state index contributed by atoms with van der Waals surface area (Å²) in [5, 5.41) is 2.13. The largest absolute Gasteiger partial charge is 0.497 e. The summed E-state index contributed by atoms with van der Waals surface area (Å²) in [7, 11) is -1.84. The Morgan fingerprint density at radius 1 is 0.912 bits per heavy atom. The molecule has 2 aliphatic rings. The first-order valence-electron chi connectivity index (χ1n) is 11.9. The molecule has 5 rings (SSSR count). The van der Waals surface area contributed by atoms with Crippen molar-refractivity contribution in [2.75, 3.05) is 31.6 Å². The van der Waals surface area contributed by atoms with Crippen molar-refractivity contribution < 1.29 is 17.9 Å². The van der Waals surface area contributed by atoms with Crippen molar-refractivity contribution in [1.82, 2.24) is 4.31 Å². The Bertz CT molecular complexity index is 1350. The number of anilines is 1. The number of carbonyl (C=O) groups excluding carboxylic acids is 1. The molecule has 0 unspecified atom stereocenters. The molecule has 3 aromatic carbocycles. The lowest BCUT2D eigenvalue weighted by Crippen LogP contribution is -2.35. The van der Waals surface area contributed by atoms with Crippen LogP contribution >= 0.6 is 0 Å². The van der Waals surface area contributed by atoms with E-state index in [0.717, 1.165) is 52.6 Å². The van der Waals surface area contributed by atoms with Crippen LogP contribution < -0.4 is 9.64 Å². The zero-order valence-electron chi connectivity index (χ0n) is 19.7. The van der Waals surface area contributed by atoms with Crippen LogP contribution in [0.5, 0.6) is 5.75 Å². The van der Waals surface area contributed by atoms with E-state index in [1.54, 1.807) is 34.5 Å². The van der Waals surface area contributed by atoms with Crippen molar-refractivity contribution in [3.05, 3.63) is 65.7 Å². The second kappa shape index (κ2) is 9.04. The number of hydrogen-bond acceptors (Lipinski definition) is 4. The Balaban J connectivity index is 1.38. The highest BCUT2D eigenvalue weighted by Gasteiger charge is 2.32. The number of carbonyl (C=O) groups is 1. The molecule has 3 aromatic rings. The van der Waals surface area contributed by atoms with Crippen molar-refractivity contribution >= 4 is 32.4 Å². The van der Waals surface area contributed by atoms with Crippen molar-refractivity contribution in [1.29, 1.82) is 0 Å². The molecular weight excluding hydrogens is 448 g/mol. The van der Waals surface area contributed by atoms with Crippen LogP contribution in [0.4, 0.5) is 5.69 Å². The predicted octanol–water partition coefficient (Wildman–Crippen LogP) is 4.72. The van der Waals surface area contributed by atoms with Crippen molar-refractivity contribution in [3.8, 4) is 5.75 Å². The standard InChI is InChI=1S/C27H30N2O4S/c1-19(20-6-7-22-17-24(33-2)9-8-21(22)16-20)27(30)29-15-12-23-18-25(10-11-26(23)29)34(31,32)28-13-4-3-5-14-28/h6-11,16-19H,3-5,12-15H2,1-2H3/t19-/m0/s1. The number of fused-ring (bicyclic) bond motifs is 2. The number of ether oxygens (including phenoxy) is 1. The van der Waals surface area contributed by atoms with Crippen LogP contribution in [0.15, 0.2) is 59.5 Å². The molecule has 178 valence electrons. The van der Waals surface area contributed by atoms with Gasteiger partial charge in [-0.3, -0.25) is 4.79 Å². The van der Waals surface area contributed by atoms with Gasteiger partial charge >= 0.3 is 0 Å². The maximum absolute atomic E-state index is 13.5. The summed E-state index contributed by atoms with van der Waals surface area (Å²) < 4.78 is 33.1. The van der Waals surface area contributed by atoms with Gasteiger partial charge in [-0.25, -0.2) is 8.42 Å². The van der Waals surface area contributed by atoms with Crippen LogP contribution in [0.1, 0.15) is 43.2 Å². The average molecular weight is 479 g/mol. The summed E-state index contributed by atoms with van der Waals surface area (Å²) in [5.41, 5.74) is 2.70. The Morgan fingerprint density at radius 2 is 1.65 bits per heavy atom. The van der Waals surface area contributed by atoms with E-state index in [1.807, 2.05) is 37.3 Å². The lowest BCUT2D eigenvalue weighted by Gasteiger charge is -2.26. The summed E-state index contributed by atoms with van der Waals surface area (Å²) >= 11 is 0. The fraction of sp³-hybridized carbons (Fsp3) is 0.370. The minimum absolute atomic E-state index is 0.0262. The average Bonchev–Trinajstić information content (AvgIpc) is 3.31. The Hall–Kier alpha value is -2.90. The number of benzene rings is 3. The molecule has 1 fully saturated rings. The maximum Gasteiger partial charge on any atom is 0.243 e. The molecule has 1 amide bonds. The van der Waals surface area contributed by atoms with Gasteiger partial charge in [0.25, 0.3) is 0 Å². The number of methoxy groups -OCH3 is 1. The van der Waals surface area contributed by atoms with E-state index < -0.39 is 10.0 Å². The van der Waals surface area contributed by atoms with E-state index in [1.165, 1.54) is 0 Å². The lowest BCUT2D eigenvalue weighted by atomic mass is 9.96. The number of piperidine rings is 1. The summed E-state index contributed by atoms with van der Waals surface area (Å²) in [5.74, 6) is 0.521. The topological polar surface area (TPSA) is 66.9 Å². The first-order chi connectivity index (χ1) is 16.4. The lowest BCUT2D eigenvalue weighted by molar-refractivity contribution is -0.119. The van der Waals surface area contributed by atoms with Crippen LogP contribution in [0.2, 0.25) is 0 Å². The number of hydrogen-bond donors (Lipinski definition) is 0. The van der Waals surface area contributed by atoms with Crippen molar-refractivity contribution in [2.24, 2.45) is 0 Å². The molecule has 6 nitrogen and oxygen atoms in total. The van der Waals surface area contributed by atoms with Gasteiger partial charge in [-0.05, 0) is 78.4 Å². The third-order valence-corrected chi connectivity index (χ3v) is 9.00. The summed E-state index contributed by atoms with van der Waals surface area (Å²) in [6.07, 6.45) is 3.56. The van der Waals surface area contributed by atoms with E-state index in [0.29, 0.717) is 31.0 Å². The van der Waals surface area contributed by atoms with Crippen LogP contribution in [0, 0.1) is 0 Å². The summed E-state index contributed by atoms with van der Waals surface area (Å²) in [4.78, 5) is 15.6. The number of nitrogens with zero attached hydrogens (tertiary/aromatic N) is 2. The van der Waals surface area contributed by atoms with Crippen LogP contribution in [-0.2, 0) is 21.2 Å². The highest BCUT2D eigenvalue weighted by atomic mass is 32.2. The minimum Gasteiger partial charge on any atom is -0.497 e. The van der Waals surface area contributed by atoms with Gasteiger partial charge in [0, 0.05) is 25.3 Å². The molecule has 0 bridgehead atoms. The molecule has 34 heavy (non-hydrogen) atoms. The first-order valence-corrected chi connectivity index (χ1v) is 13.3. The third kappa shape index (κ3) is 4.07. The zero-order chi connectivity index (χ0) is 23.9. The minimum atomic E-state index is -3.49. The van der Waals surface area contributed by atoms with E-state index >= 15 is 0 Å². The van der Waals surface area contributed by atoms with Crippen LogP contribution in [0.25, 0.3) is 10.8 Å². The van der Waals surface area contributed by atoms with Gasteiger partial charge in [0.1, 0.15) is 5.75 Å². The van der Waals surface area contributed by atoms with Gasteiger partial charge in [-0.2, -0.15) is 4.31 Å². The molecule has 0 aliphatic carbocycles. The highest BCUT2D eigenvalue weighted by molar-refractivity contribution is 7.89. The predicted molar refractivity (Wildman–Crippen MR) is 134 cm³/mol. The fourth-order valence-corrected chi connectivity index (χ4v) is 6.61. The van der Waals surface area contributed by atoms with Gasteiger partial charge in [-0.15, -0.1) is 0 Å². The highest BCUT2D eigenvalue weighted by Crippen LogP contribution is 2.34. The monoisotopic (exact) mass is 478 g/mol. The van der Waals surface area contributed by atoms with Gasteiger partial charge in [0.2, 0.25) is 15.9 Å². The van der Waals surface area contributed by atoms with Crippen molar-refractivity contribution in [2.45, 2.75) is 43.4 Å². The quantitative estimate of drug-likeness (QED) is 0.532. The second-order valence-electron chi connectivity index (χ2n) is 9.19. The Labute approximate surface area is 201 Å². The molecule has 7 heteroatoms. The summed E-state index contributed by atoms with van der Waals surface area (Å²) in [6, 6.07) is 17.2. The van der Waals surface area contributed by atoms with Crippen molar-refractivity contribution in [3.63, 3.8) is 0 Å². The van der Waals surface area contributed by atoms with Crippen LogP contribution in [0.3, 0.4) is 0 Å². The van der Waals surface area contributed by atoms with Gasteiger partial charge in [0.15, 0.2) is 0 Å². The fourth-order valence-electron chi connectivity index (χ4n) is 5.04. The van der Waals surface area contributed by atoms with E-state index in [2.05, 4.69) is 6.07 Å². The molecule has 0 saturated carbocycles. The molecular formula is C27H30N2O4S. The smallest absolute Gasteiger partial charge is 0.243 e. The third-order valence-electron chi connectivity index (χ3n) is 7.11. The Morgan fingerprint density at radius 3 is 2.41 bits per heavy atom. The van der Waals surface area contributed by atoms with Crippen LogP contribution in [-0.4, -0.2) is 45.4 Å². The normalized spacial score (nSPS) is 17.5. The SMILES string of the molecule is COc1ccc2cc([C@H](C)C(=O)N3CCc4cc(S(=O)(=O)N5CCCCC5)ccc43)ccc2c1. The second-order valence-corrected chi connectivity index (χ2v) is 11.1. The van der Waals surface area contributed by atoms with E-state index in [-0.39, 0.29) is 11.8 Å². The number of amides is 1. The number of sulfonamides is 1. The molecule has 2 heterocycles.